The van der Waals surface area contributed by atoms with Gasteiger partial charge in [-0.2, -0.15) is 0 Å². The number of amides is 4. The van der Waals surface area contributed by atoms with Crippen LogP contribution in [0.2, 0.25) is 0 Å². The van der Waals surface area contributed by atoms with E-state index in [0.717, 1.165) is 41.3 Å². The van der Waals surface area contributed by atoms with Gasteiger partial charge in [-0.3, -0.25) is 9.59 Å². The van der Waals surface area contributed by atoms with Crippen molar-refractivity contribution in [2.24, 2.45) is 11.8 Å². The number of imidazole rings is 2. The Hall–Kier alpha value is -6.07. The van der Waals surface area contributed by atoms with Crippen LogP contribution in [0.5, 0.6) is 0 Å². The number of ether oxygens (including phenoxy) is 4. The van der Waals surface area contributed by atoms with Gasteiger partial charge < -0.3 is 49.3 Å². The second-order valence-corrected chi connectivity index (χ2v) is 16.9. The fourth-order valence-electron chi connectivity index (χ4n) is 9.88. The SMILES string of the molecule is COC(=O)NC(C(=O)N1CCCC1c1ncc(-c2ccc3cc(-c4cc5nc(C6CCCN6C(=O)C(NC(=O)OC)C6CCOCC6)[nH]c5cc4F)ccc3c2)[nH]1)C1CCOCC1. The number of H-pyrrole nitrogens is 2. The van der Waals surface area contributed by atoms with Crippen LogP contribution in [-0.4, -0.2) is 120 Å². The van der Waals surface area contributed by atoms with Crippen LogP contribution in [0.4, 0.5) is 14.0 Å². The molecule has 4 N–H and O–H groups in total. The number of likely N-dealkylation sites (tertiary alicyclic amines) is 2. The number of rotatable bonds is 10. The molecular formula is C46H53FN8O8. The number of carbonyl (C=O) groups is 4. The average Bonchev–Trinajstić information content (AvgIpc) is 4.16. The first-order valence-corrected chi connectivity index (χ1v) is 21.9. The minimum Gasteiger partial charge on any atom is -0.453 e. The number of fused-ring (bicyclic) bond motifs is 2. The smallest absolute Gasteiger partial charge is 0.407 e. The second kappa shape index (κ2) is 18.3. The number of methoxy groups -OCH3 is 2. The number of aromatic nitrogens is 4. The van der Waals surface area contributed by atoms with Crippen LogP contribution in [0.25, 0.3) is 44.2 Å². The van der Waals surface area contributed by atoms with E-state index in [9.17, 15) is 19.2 Å². The van der Waals surface area contributed by atoms with E-state index in [-0.39, 0.29) is 35.7 Å². The fraction of sp³-hybridized carbons (Fsp3) is 0.478. The molecule has 0 bridgehead atoms. The summed E-state index contributed by atoms with van der Waals surface area (Å²) < 4.78 is 36.7. The Bertz CT molecular complexity index is 2500. The van der Waals surface area contributed by atoms with Gasteiger partial charge in [-0.05, 0) is 97.7 Å². The molecule has 9 rings (SSSR count). The average molecular weight is 865 g/mol. The molecule has 6 heterocycles. The minimum atomic E-state index is -0.754. The number of benzene rings is 3. The van der Waals surface area contributed by atoms with Crippen LogP contribution in [0.15, 0.2) is 54.7 Å². The molecule has 3 aromatic carbocycles. The van der Waals surface area contributed by atoms with Gasteiger partial charge in [0.1, 0.15) is 29.5 Å². The molecule has 4 unspecified atom stereocenters. The molecule has 332 valence electrons. The molecular weight excluding hydrogens is 812 g/mol. The number of hydrogen-bond acceptors (Lipinski definition) is 10. The number of nitrogens with one attached hydrogen (secondary N) is 4. The molecule has 0 spiro atoms. The van der Waals surface area contributed by atoms with E-state index in [1.54, 1.807) is 17.2 Å². The summed E-state index contributed by atoms with van der Waals surface area (Å²) in [6.07, 6.45) is 6.13. The summed E-state index contributed by atoms with van der Waals surface area (Å²) in [6, 6.07) is 13.0. The molecule has 63 heavy (non-hydrogen) atoms. The van der Waals surface area contributed by atoms with E-state index < -0.39 is 30.1 Å². The molecule has 4 saturated heterocycles. The molecule has 4 fully saturated rings. The highest BCUT2D eigenvalue weighted by Gasteiger charge is 2.42. The zero-order valence-electron chi connectivity index (χ0n) is 35.5. The predicted octanol–water partition coefficient (Wildman–Crippen LogP) is 6.54. The van der Waals surface area contributed by atoms with Gasteiger partial charge in [-0.15, -0.1) is 0 Å². The Kier molecular flexibility index (Phi) is 12.3. The number of halogens is 1. The Labute approximate surface area is 363 Å². The minimum absolute atomic E-state index is 0.0538. The molecule has 4 aliphatic heterocycles. The molecule has 17 heteroatoms. The van der Waals surface area contributed by atoms with Gasteiger partial charge in [0.2, 0.25) is 11.8 Å². The van der Waals surface area contributed by atoms with Crippen LogP contribution in [0.1, 0.15) is 75.1 Å². The largest absolute Gasteiger partial charge is 0.453 e. The summed E-state index contributed by atoms with van der Waals surface area (Å²) in [4.78, 5) is 72.7. The molecule has 5 aromatic rings. The van der Waals surface area contributed by atoms with Crippen molar-refractivity contribution in [2.45, 2.75) is 75.5 Å². The van der Waals surface area contributed by atoms with Crippen LogP contribution in [0.3, 0.4) is 0 Å². The van der Waals surface area contributed by atoms with Crippen molar-refractivity contribution in [3.05, 3.63) is 72.2 Å². The Morgan fingerprint density at radius 2 is 1.25 bits per heavy atom. The Morgan fingerprint density at radius 3 is 1.83 bits per heavy atom. The number of nitrogens with zero attached hydrogens (tertiary/aromatic N) is 4. The molecule has 16 nitrogen and oxygen atoms in total. The van der Waals surface area contributed by atoms with E-state index >= 15 is 4.39 Å². The molecule has 0 saturated carbocycles. The van der Waals surface area contributed by atoms with E-state index in [1.165, 1.54) is 20.3 Å². The summed E-state index contributed by atoms with van der Waals surface area (Å²) >= 11 is 0. The summed E-state index contributed by atoms with van der Waals surface area (Å²) in [5.41, 5.74) is 3.93. The first kappa shape index (κ1) is 42.2. The molecule has 0 aliphatic carbocycles. The number of alkyl carbamates (subject to hydrolysis) is 2. The summed E-state index contributed by atoms with van der Waals surface area (Å²) in [7, 11) is 2.58. The maximum atomic E-state index is 15.9. The lowest BCUT2D eigenvalue weighted by atomic mass is 9.90. The first-order valence-electron chi connectivity index (χ1n) is 21.9. The highest BCUT2D eigenvalue weighted by Crippen LogP contribution is 2.37. The van der Waals surface area contributed by atoms with Gasteiger partial charge >= 0.3 is 12.2 Å². The zero-order valence-corrected chi connectivity index (χ0v) is 35.5. The van der Waals surface area contributed by atoms with Gasteiger partial charge in [0, 0.05) is 56.7 Å². The van der Waals surface area contributed by atoms with Crippen LogP contribution < -0.4 is 10.6 Å². The maximum absolute atomic E-state index is 15.9. The monoisotopic (exact) mass is 864 g/mol. The lowest BCUT2D eigenvalue weighted by molar-refractivity contribution is -0.137. The number of aromatic amines is 2. The van der Waals surface area contributed by atoms with Crippen LogP contribution in [0, 0.1) is 17.7 Å². The third-order valence-corrected chi connectivity index (χ3v) is 13.3. The van der Waals surface area contributed by atoms with E-state index in [4.69, 9.17) is 28.9 Å². The lowest BCUT2D eigenvalue weighted by Gasteiger charge is -2.34. The third kappa shape index (κ3) is 8.68. The third-order valence-electron chi connectivity index (χ3n) is 13.3. The van der Waals surface area contributed by atoms with Crippen molar-refractivity contribution < 1.29 is 42.5 Å². The van der Waals surface area contributed by atoms with Gasteiger partial charge in [0.05, 0.1) is 49.2 Å². The number of hydrogen-bond donors (Lipinski definition) is 4. The van der Waals surface area contributed by atoms with Crippen LogP contribution >= 0.6 is 0 Å². The molecule has 4 amide bonds. The summed E-state index contributed by atoms with van der Waals surface area (Å²) in [5.74, 6) is 0.387. The summed E-state index contributed by atoms with van der Waals surface area (Å²) in [6.45, 7) is 3.19. The van der Waals surface area contributed by atoms with Gasteiger partial charge in [-0.1, -0.05) is 24.3 Å². The van der Waals surface area contributed by atoms with Gasteiger partial charge in [0.15, 0.2) is 0 Å². The zero-order chi connectivity index (χ0) is 43.6. The van der Waals surface area contributed by atoms with E-state index in [0.29, 0.717) is 105 Å². The fourth-order valence-corrected chi connectivity index (χ4v) is 9.88. The predicted molar refractivity (Wildman–Crippen MR) is 230 cm³/mol. The van der Waals surface area contributed by atoms with Crippen LogP contribution in [-0.2, 0) is 28.5 Å². The Balaban J connectivity index is 0.916. The molecule has 4 atom stereocenters. The standard InChI is InChI=1S/C46H53FN8O8/c1-60-45(58)52-39(26-11-17-62-18-12-26)43(56)54-15-3-5-37(54)41-48-25-36(51-41)31-10-8-28-21-30(9-7-29(28)22-31)32-23-34-35(24-33(32)47)50-42(49-34)38-6-4-16-55(38)44(57)40(53-46(59)61-2)27-13-19-63-20-14-27/h7-10,21-27,37-40H,3-6,11-20H2,1-2H3,(H,48,51)(H,49,50)(H,52,58)(H,53,59). The van der Waals surface area contributed by atoms with E-state index in [2.05, 4.69) is 26.7 Å². The van der Waals surface area contributed by atoms with Crippen molar-refractivity contribution in [1.29, 1.82) is 0 Å². The van der Waals surface area contributed by atoms with E-state index in [1.807, 2.05) is 35.2 Å². The molecule has 4 aliphatic rings. The molecule has 0 radical (unpaired) electrons. The van der Waals surface area contributed by atoms with Crippen molar-refractivity contribution in [1.82, 2.24) is 40.4 Å². The topological polar surface area (TPSA) is 193 Å². The normalized spacial score (nSPS) is 20.8. The summed E-state index contributed by atoms with van der Waals surface area (Å²) in [5, 5.41) is 7.45. The molecule has 2 aromatic heterocycles. The van der Waals surface area contributed by atoms with Crippen molar-refractivity contribution in [3.63, 3.8) is 0 Å². The van der Waals surface area contributed by atoms with Crippen molar-refractivity contribution >= 4 is 45.8 Å². The van der Waals surface area contributed by atoms with Crippen molar-refractivity contribution in [3.8, 4) is 22.4 Å². The maximum Gasteiger partial charge on any atom is 0.407 e. The highest BCUT2D eigenvalue weighted by atomic mass is 19.1. The van der Waals surface area contributed by atoms with Gasteiger partial charge in [0.25, 0.3) is 0 Å². The quantitative estimate of drug-likeness (QED) is 0.120. The first-order chi connectivity index (χ1) is 30.7. The lowest BCUT2D eigenvalue weighted by Crippen LogP contribution is -2.53. The Morgan fingerprint density at radius 1 is 0.714 bits per heavy atom. The number of carbonyl (C=O) groups excluding carboxylic acids is 4. The van der Waals surface area contributed by atoms with Crippen molar-refractivity contribution in [2.75, 3.05) is 53.7 Å². The second-order valence-electron chi connectivity index (χ2n) is 16.9. The highest BCUT2D eigenvalue weighted by molar-refractivity contribution is 5.92. The van der Waals surface area contributed by atoms with Gasteiger partial charge in [-0.25, -0.2) is 23.9 Å².